The second-order valence-electron chi connectivity index (χ2n) is 8.90. The van der Waals surface area contributed by atoms with Crippen molar-refractivity contribution in [3.8, 4) is 5.75 Å². The summed E-state index contributed by atoms with van der Waals surface area (Å²) in [5.41, 5.74) is -2.32. The van der Waals surface area contributed by atoms with Crippen LogP contribution >= 0.6 is 11.6 Å². The smallest absolute Gasteiger partial charge is 0.434 e. The molecule has 214 valence electrons. The summed E-state index contributed by atoms with van der Waals surface area (Å²) in [7, 11) is 0. The van der Waals surface area contributed by atoms with E-state index in [-0.39, 0.29) is 51.1 Å². The third-order valence-corrected chi connectivity index (χ3v) is 6.50. The Labute approximate surface area is 214 Å². The predicted molar refractivity (Wildman–Crippen MR) is 110 cm³/mol. The summed E-state index contributed by atoms with van der Waals surface area (Å²) in [6.07, 6.45) is -22.2. The molecule has 1 aromatic carbocycles. The molecule has 0 aromatic heterocycles. The van der Waals surface area contributed by atoms with Gasteiger partial charge in [0.1, 0.15) is 17.8 Å². The van der Waals surface area contributed by atoms with Crippen molar-refractivity contribution < 1.29 is 63.7 Å². The Morgan fingerprint density at radius 2 is 1.53 bits per heavy atom. The minimum atomic E-state index is -5.87. The van der Waals surface area contributed by atoms with Crippen LogP contribution in [0.15, 0.2) is 12.1 Å². The fraction of sp³-hybridized carbons (Fsp3) is 0.619. The van der Waals surface area contributed by atoms with Crippen LogP contribution in [-0.2, 0) is 22.3 Å². The Kier molecular flexibility index (Phi) is 8.28. The molecule has 1 N–H and O–H groups in total. The van der Waals surface area contributed by atoms with Gasteiger partial charge in [-0.05, 0) is 18.9 Å². The van der Waals surface area contributed by atoms with Crippen LogP contribution in [0.1, 0.15) is 24.0 Å². The number of aliphatic carboxylic acids is 1. The third-order valence-electron chi connectivity index (χ3n) is 6.12. The largest absolute Gasteiger partial charge is 0.490 e. The molecular formula is C21H20ClF9N2O5. The lowest BCUT2D eigenvalue weighted by atomic mass is 10.1. The summed E-state index contributed by atoms with van der Waals surface area (Å²) < 4.78 is 125. The number of halogens is 10. The van der Waals surface area contributed by atoms with Gasteiger partial charge in [-0.1, -0.05) is 17.7 Å². The molecule has 2 fully saturated rings. The number of carboxylic acid groups (broad SMARTS) is 1. The predicted octanol–water partition coefficient (Wildman–Crippen LogP) is 5.35. The second-order valence-corrected chi connectivity index (χ2v) is 9.28. The van der Waals surface area contributed by atoms with Gasteiger partial charge in [0, 0.05) is 38.3 Å². The van der Waals surface area contributed by atoms with Crippen LogP contribution in [0.25, 0.3) is 0 Å². The van der Waals surface area contributed by atoms with Crippen LogP contribution in [0, 0.1) is 5.41 Å². The first-order valence-electron chi connectivity index (χ1n) is 10.9. The van der Waals surface area contributed by atoms with Crippen molar-refractivity contribution in [2.45, 2.75) is 44.0 Å². The maximum absolute atomic E-state index is 13.4. The Morgan fingerprint density at radius 3 is 1.97 bits per heavy atom. The molecule has 3 rings (SSSR count). The summed E-state index contributed by atoms with van der Waals surface area (Å²) in [6, 6.07) is 1.78. The average molecular weight is 587 g/mol. The number of hydrogen-bond donors (Lipinski definition) is 1. The first kappa shape index (κ1) is 29.9. The van der Waals surface area contributed by atoms with E-state index in [2.05, 4.69) is 4.74 Å². The Hall–Kier alpha value is -2.62. The van der Waals surface area contributed by atoms with Gasteiger partial charge in [-0.15, -0.1) is 0 Å². The van der Waals surface area contributed by atoms with Crippen LogP contribution in [0.5, 0.6) is 5.75 Å². The molecule has 1 heterocycles. The van der Waals surface area contributed by atoms with Gasteiger partial charge in [0.2, 0.25) is 0 Å². The number of carbonyl (C=O) groups is 2. The molecule has 38 heavy (non-hydrogen) atoms. The van der Waals surface area contributed by atoms with E-state index in [4.69, 9.17) is 16.3 Å². The van der Waals surface area contributed by atoms with Gasteiger partial charge in [-0.25, -0.2) is 4.79 Å². The normalized spacial score (nSPS) is 18.4. The number of hydrogen-bond acceptors (Lipinski definition) is 5. The summed E-state index contributed by atoms with van der Waals surface area (Å²) in [6.45, 7) is -1.41. The molecule has 1 amide bonds. The number of nitrogens with zero attached hydrogens (tertiary/aromatic N) is 2. The number of alkyl halides is 9. The van der Waals surface area contributed by atoms with Crippen LogP contribution in [0.3, 0.4) is 0 Å². The van der Waals surface area contributed by atoms with Crippen molar-refractivity contribution in [2.24, 2.45) is 5.41 Å². The first-order chi connectivity index (χ1) is 17.3. The minimum absolute atomic E-state index is 0.0883. The highest BCUT2D eigenvalue weighted by molar-refractivity contribution is 6.33. The lowest BCUT2D eigenvalue weighted by Gasteiger charge is -2.35. The number of carbonyl (C=O) groups excluding carboxylic acids is 1. The monoisotopic (exact) mass is 586 g/mol. The number of rotatable bonds is 7. The molecular weight excluding hydrogens is 567 g/mol. The molecule has 1 aromatic rings. The van der Waals surface area contributed by atoms with E-state index in [1.807, 2.05) is 0 Å². The van der Waals surface area contributed by atoms with Crippen LogP contribution < -0.4 is 4.74 Å². The maximum atomic E-state index is 13.4. The second kappa shape index (κ2) is 10.5. The van der Waals surface area contributed by atoms with Gasteiger partial charge in [-0.3, -0.25) is 9.69 Å². The molecule has 1 saturated heterocycles. The highest BCUT2D eigenvalue weighted by Gasteiger charge is 2.60. The summed E-state index contributed by atoms with van der Waals surface area (Å²) in [5, 5.41) is 8.52. The van der Waals surface area contributed by atoms with E-state index in [0.29, 0.717) is 11.0 Å². The topological polar surface area (TPSA) is 79.3 Å². The van der Waals surface area contributed by atoms with E-state index in [0.717, 1.165) is 6.07 Å². The fourth-order valence-electron chi connectivity index (χ4n) is 3.70. The highest BCUT2D eigenvalue weighted by Crippen LogP contribution is 2.48. The molecule has 17 heteroatoms. The third kappa shape index (κ3) is 6.87. The molecule has 7 nitrogen and oxygen atoms in total. The minimum Gasteiger partial charge on any atom is -0.490 e. The molecule has 0 unspecified atom stereocenters. The number of carboxylic acids is 1. The molecule has 0 spiro atoms. The van der Waals surface area contributed by atoms with Crippen molar-refractivity contribution in [3.05, 3.63) is 28.3 Å². The van der Waals surface area contributed by atoms with Crippen molar-refractivity contribution in [1.82, 2.24) is 9.80 Å². The number of ether oxygens (including phenoxy) is 2. The van der Waals surface area contributed by atoms with Gasteiger partial charge in [0.05, 0.1) is 10.6 Å². The molecule has 0 atom stereocenters. The van der Waals surface area contributed by atoms with Crippen molar-refractivity contribution >= 4 is 23.7 Å². The van der Waals surface area contributed by atoms with Crippen molar-refractivity contribution in [1.29, 1.82) is 0 Å². The van der Waals surface area contributed by atoms with E-state index >= 15 is 0 Å². The summed E-state index contributed by atoms with van der Waals surface area (Å²) >= 11 is 5.97. The zero-order valence-electron chi connectivity index (χ0n) is 19.1. The van der Waals surface area contributed by atoms with Gasteiger partial charge in [-0.2, -0.15) is 39.5 Å². The van der Waals surface area contributed by atoms with Gasteiger partial charge in [0.15, 0.2) is 0 Å². The molecule has 0 radical (unpaired) electrons. The summed E-state index contributed by atoms with van der Waals surface area (Å²) in [4.78, 5) is 25.5. The number of piperazine rings is 1. The van der Waals surface area contributed by atoms with Crippen LogP contribution in [-0.4, -0.2) is 78.2 Å². The van der Waals surface area contributed by atoms with E-state index in [1.54, 1.807) is 4.90 Å². The van der Waals surface area contributed by atoms with Gasteiger partial charge in [0.25, 0.3) is 6.10 Å². The zero-order chi connectivity index (χ0) is 28.7. The van der Waals surface area contributed by atoms with Gasteiger partial charge >= 0.3 is 30.6 Å². The average Bonchev–Trinajstić information content (AvgIpc) is 3.56. The molecule has 1 aliphatic carbocycles. The van der Waals surface area contributed by atoms with E-state index in [9.17, 15) is 54.2 Å². The van der Waals surface area contributed by atoms with Crippen molar-refractivity contribution in [2.75, 3.05) is 32.8 Å². The fourth-order valence-corrected chi connectivity index (χ4v) is 4.05. The lowest BCUT2D eigenvalue weighted by Crippen LogP contribution is -2.52. The highest BCUT2D eigenvalue weighted by atomic mass is 35.5. The number of benzene rings is 1. The first-order valence-corrected chi connectivity index (χ1v) is 11.3. The molecule has 0 bridgehead atoms. The Balaban J connectivity index is 1.70. The van der Waals surface area contributed by atoms with Crippen LogP contribution in [0.4, 0.5) is 44.3 Å². The summed E-state index contributed by atoms with van der Waals surface area (Å²) in [5.74, 6) is -1.57. The van der Waals surface area contributed by atoms with Crippen molar-refractivity contribution in [3.63, 3.8) is 0 Å². The maximum Gasteiger partial charge on any atom is 0.434 e. The molecule has 1 saturated carbocycles. The Morgan fingerprint density at radius 1 is 0.974 bits per heavy atom. The standard InChI is InChI=1S/C21H20ClF9N2O5/c22-13-12(19(23,24)25)2-1-11(14(13)37-10-18(3-4-18)16(34)35)9-32-5-7-33(8-6-32)17(36)38-15(20(26,27)28)21(29,30)31/h1-2,15H,3-10H2,(H,34,35). The number of amides is 1. The lowest BCUT2D eigenvalue weighted by molar-refractivity contribution is -0.308. The van der Waals surface area contributed by atoms with E-state index in [1.165, 1.54) is 0 Å². The zero-order valence-corrected chi connectivity index (χ0v) is 19.9. The molecule has 2 aliphatic rings. The SMILES string of the molecule is O=C(OC(C(F)(F)F)C(F)(F)F)N1CCN(Cc2ccc(C(F)(F)F)c(Cl)c2OCC2(C(=O)O)CC2)CC1. The Bertz CT molecular complexity index is 1040. The van der Waals surface area contributed by atoms with E-state index < -0.39 is 65.1 Å². The molecule has 1 aliphatic heterocycles. The quantitative estimate of drug-likeness (QED) is 0.434. The van der Waals surface area contributed by atoms with Gasteiger partial charge < -0.3 is 19.5 Å². The van der Waals surface area contributed by atoms with Crippen LogP contribution in [0.2, 0.25) is 5.02 Å².